The monoisotopic (exact) mass is 410 g/mol. The van der Waals surface area contributed by atoms with Crippen molar-refractivity contribution in [3.63, 3.8) is 0 Å². The molecule has 0 bridgehead atoms. The number of ether oxygens (including phenoxy) is 2. The summed E-state index contributed by atoms with van der Waals surface area (Å²) in [4.78, 5) is 4.92. The Morgan fingerprint density at radius 1 is 0.900 bits per heavy atom. The summed E-state index contributed by atoms with van der Waals surface area (Å²) in [5, 5.41) is 10.8. The van der Waals surface area contributed by atoms with Crippen LogP contribution < -0.4 is 14.4 Å². The SMILES string of the molecule is CC(C)C(O)C(CCN1CCN(c2cccc3c2OCCO3)CC1)c1ccccc1. The average Bonchev–Trinajstić information content (AvgIpc) is 2.80. The molecule has 2 aliphatic rings. The standard InChI is InChI=1S/C25H34N2O3/c1-19(2)24(28)21(20-7-4-3-5-8-20)11-12-26-13-15-27(16-14-26)22-9-6-10-23-25(22)30-18-17-29-23/h3-10,19,21,24,28H,11-18H2,1-2H3. The normalized spacial score (nSPS) is 19.0. The molecular weight excluding hydrogens is 376 g/mol. The zero-order chi connectivity index (χ0) is 20.9. The highest BCUT2D eigenvalue weighted by Crippen LogP contribution is 2.39. The summed E-state index contributed by atoms with van der Waals surface area (Å²) in [5.74, 6) is 2.17. The third-order valence-electron chi connectivity index (χ3n) is 6.34. The van der Waals surface area contributed by atoms with E-state index in [4.69, 9.17) is 9.47 Å². The number of fused-ring (bicyclic) bond motifs is 1. The first-order valence-electron chi connectivity index (χ1n) is 11.2. The van der Waals surface area contributed by atoms with Crippen molar-refractivity contribution in [1.29, 1.82) is 0 Å². The van der Waals surface area contributed by atoms with Gasteiger partial charge in [-0.15, -0.1) is 0 Å². The molecule has 5 heteroatoms. The number of aliphatic hydroxyl groups is 1. The molecule has 2 unspecified atom stereocenters. The van der Waals surface area contributed by atoms with Crippen LogP contribution in [0.3, 0.4) is 0 Å². The maximum absolute atomic E-state index is 10.8. The first kappa shape index (κ1) is 21.0. The molecule has 2 aromatic carbocycles. The smallest absolute Gasteiger partial charge is 0.184 e. The van der Waals surface area contributed by atoms with E-state index in [0.29, 0.717) is 13.2 Å². The molecule has 0 amide bonds. The van der Waals surface area contributed by atoms with Crippen molar-refractivity contribution in [2.45, 2.75) is 32.3 Å². The highest BCUT2D eigenvalue weighted by atomic mass is 16.6. The van der Waals surface area contributed by atoms with Crippen LogP contribution >= 0.6 is 0 Å². The zero-order valence-electron chi connectivity index (χ0n) is 18.2. The summed E-state index contributed by atoms with van der Waals surface area (Å²) in [6.07, 6.45) is 0.655. The second-order valence-electron chi connectivity index (χ2n) is 8.67. The predicted octanol–water partition coefficient (Wildman–Crippen LogP) is 3.77. The van der Waals surface area contributed by atoms with Gasteiger partial charge in [-0.25, -0.2) is 0 Å². The van der Waals surface area contributed by atoms with Gasteiger partial charge in [0, 0.05) is 32.1 Å². The summed E-state index contributed by atoms with van der Waals surface area (Å²) in [6.45, 7) is 10.4. The zero-order valence-corrected chi connectivity index (χ0v) is 18.2. The molecule has 2 heterocycles. The molecule has 1 saturated heterocycles. The Hall–Kier alpha value is -2.24. The number of rotatable bonds is 7. The van der Waals surface area contributed by atoms with Crippen LogP contribution in [0.15, 0.2) is 48.5 Å². The minimum Gasteiger partial charge on any atom is -0.486 e. The van der Waals surface area contributed by atoms with E-state index in [9.17, 15) is 5.11 Å². The van der Waals surface area contributed by atoms with Gasteiger partial charge in [-0.05, 0) is 36.6 Å². The van der Waals surface area contributed by atoms with Crippen molar-refractivity contribution in [1.82, 2.24) is 4.90 Å². The van der Waals surface area contributed by atoms with E-state index >= 15 is 0 Å². The molecule has 0 saturated carbocycles. The minimum absolute atomic E-state index is 0.177. The van der Waals surface area contributed by atoms with Gasteiger partial charge in [0.05, 0.1) is 11.8 Å². The van der Waals surface area contributed by atoms with E-state index in [1.165, 1.54) is 5.56 Å². The topological polar surface area (TPSA) is 45.2 Å². The van der Waals surface area contributed by atoms with Crippen molar-refractivity contribution in [3.8, 4) is 11.5 Å². The second-order valence-corrected chi connectivity index (χ2v) is 8.67. The fourth-order valence-corrected chi connectivity index (χ4v) is 4.54. The lowest BCUT2D eigenvalue weighted by Gasteiger charge is -2.38. The number of anilines is 1. The van der Waals surface area contributed by atoms with Gasteiger partial charge in [0.15, 0.2) is 11.5 Å². The summed E-state index contributed by atoms with van der Waals surface area (Å²) < 4.78 is 11.6. The molecule has 162 valence electrons. The van der Waals surface area contributed by atoms with E-state index in [2.05, 4.69) is 54.0 Å². The summed E-state index contributed by atoms with van der Waals surface area (Å²) >= 11 is 0. The van der Waals surface area contributed by atoms with Crippen molar-refractivity contribution >= 4 is 5.69 Å². The van der Waals surface area contributed by atoms with E-state index in [1.807, 2.05) is 18.2 Å². The van der Waals surface area contributed by atoms with Crippen LogP contribution in [0.4, 0.5) is 5.69 Å². The van der Waals surface area contributed by atoms with Gasteiger partial charge in [0.25, 0.3) is 0 Å². The van der Waals surface area contributed by atoms with Crippen molar-refractivity contribution < 1.29 is 14.6 Å². The Morgan fingerprint density at radius 2 is 1.63 bits per heavy atom. The summed E-state index contributed by atoms with van der Waals surface area (Å²) in [6, 6.07) is 16.6. The third kappa shape index (κ3) is 4.73. The lowest BCUT2D eigenvalue weighted by atomic mass is 9.85. The number of para-hydroxylation sites is 1. The number of nitrogens with zero attached hydrogens (tertiary/aromatic N) is 2. The van der Waals surface area contributed by atoms with Crippen molar-refractivity contribution in [3.05, 3.63) is 54.1 Å². The molecule has 5 nitrogen and oxygen atoms in total. The molecular formula is C25H34N2O3. The average molecular weight is 411 g/mol. The Labute approximate surface area is 180 Å². The van der Waals surface area contributed by atoms with Crippen LogP contribution in [0, 0.1) is 5.92 Å². The molecule has 0 spiro atoms. The number of aliphatic hydroxyl groups excluding tert-OH is 1. The van der Waals surface area contributed by atoms with Gasteiger partial charge in [-0.2, -0.15) is 0 Å². The Morgan fingerprint density at radius 3 is 2.37 bits per heavy atom. The molecule has 0 aliphatic carbocycles. The highest BCUT2D eigenvalue weighted by Gasteiger charge is 2.27. The third-order valence-corrected chi connectivity index (χ3v) is 6.34. The van der Waals surface area contributed by atoms with Crippen LogP contribution in [0.5, 0.6) is 11.5 Å². The highest BCUT2D eigenvalue weighted by molar-refractivity contribution is 5.65. The van der Waals surface area contributed by atoms with Gasteiger partial charge >= 0.3 is 0 Å². The molecule has 2 aliphatic heterocycles. The van der Waals surface area contributed by atoms with Crippen molar-refractivity contribution in [2.24, 2.45) is 5.92 Å². The lowest BCUT2D eigenvalue weighted by molar-refractivity contribution is 0.0865. The molecule has 1 fully saturated rings. The number of hydrogen-bond acceptors (Lipinski definition) is 5. The van der Waals surface area contributed by atoms with Gasteiger partial charge in [0.2, 0.25) is 0 Å². The number of benzene rings is 2. The molecule has 2 aromatic rings. The van der Waals surface area contributed by atoms with E-state index in [1.54, 1.807) is 0 Å². The fourth-order valence-electron chi connectivity index (χ4n) is 4.54. The first-order chi connectivity index (χ1) is 14.6. The number of hydrogen-bond donors (Lipinski definition) is 1. The van der Waals surface area contributed by atoms with E-state index in [0.717, 1.165) is 56.3 Å². The van der Waals surface area contributed by atoms with Gasteiger partial charge in [0.1, 0.15) is 13.2 Å². The van der Waals surface area contributed by atoms with Crippen LogP contribution in [-0.2, 0) is 0 Å². The van der Waals surface area contributed by atoms with E-state index < -0.39 is 0 Å². The lowest BCUT2D eigenvalue weighted by Crippen LogP contribution is -2.47. The number of piperazine rings is 1. The van der Waals surface area contributed by atoms with Crippen LogP contribution in [0.1, 0.15) is 31.7 Å². The summed E-state index contributed by atoms with van der Waals surface area (Å²) in [7, 11) is 0. The molecule has 2 atom stereocenters. The second kappa shape index (κ2) is 9.71. The molecule has 30 heavy (non-hydrogen) atoms. The fraction of sp³-hybridized carbons (Fsp3) is 0.520. The Bertz CT molecular complexity index is 803. The Balaban J connectivity index is 1.35. The largest absolute Gasteiger partial charge is 0.486 e. The van der Waals surface area contributed by atoms with Crippen LogP contribution in [-0.4, -0.2) is 62.0 Å². The van der Waals surface area contributed by atoms with Crippen LogP contribution in [0.2, 0.25) is 0 Å². The maximum atomic E-state index is 10.8. The van der Waals surface area contributed by atoms with Gasteiger partial charge in [-0.3, -0.25) is 4.90 Å². The van der Waals surface area contributed by atoms with Gasteiger partial charge < -0.3 is 19.5 Å². The summed E-state index contributed by atoms with van der Waals surface area (Å²) in [5.41, 5.74) is 2.38. The van der Waals surface area contributed by atoms with Gasteiger partial charge in [-0.1, -0.05) is 50.2 Å². The molecule has 0 aromatic heterocycles. The Kier molecular flexibility index (Phi) is 6.80. The molecule has 4 rings (SSSR count). The molecule has 1 N–H and O–H groups in total. The molecule has 0 radical (unpaired) electrons. The van der Waals surface area contributed by atoms with E-state index in [-0.39, 0.29) is 17.9 Å². The minimum atomic E-state index is -0.318. The quantitative estimate of drug-likeness (QED) is 0.753. The first-order valence-corrected chi connectivity index (χ1v) is 11.2. The maximum Gasteiger partial charge on any atom is 0.184 e. The van der Waals surface area contributed by atoms with Crippen molar-refractivity contribution in [2.75, 3.05) is 50.8 Å². The predicted molar refractivity (Wildman–Crippen MR) is 121 cm³/mol. The van der Waals surface area contributed by atoms with Crippen LogP contribution in [0.25, 0.3) is 0 Å².